The van der Waals surface area contributed by atoms with Gasteiger partial charge < -0.3 is 4.74 Å². The van der Waals surface area contributed by atoms with Gasteiger partial charge in [0.25, 0.3) is 10.1 Å². The Kier molecular flexibility index (Phi) is 2.96. The fourth-order valence-corrected chi connectivity index (χ4v) is 0. The highest BCUT2D eigenvalue weighted by Gasteiger charge is 1.94. The summed E-state index contributed by atoms with van der Waals surface area (Å²) < 4.78 is 30.4. The molecule has 0 aromatic carbocycles. The van der Waals surface area contributed by atoms with Gasteiger partial charge in [-0.3, -0.25) is 4.55 Å². The minimum Gasteiger partial charge on any atom is -0.377 e. The van der Waals surface area contributed by atoms with Crippen molar-refractivity contribution in [2.75, 3.05) is 19.5 Å². The van der Waals surface area contributed by atoms with Crippen LogP contribution >= 0.6 is 0 Å². The van der Waals surface area contributed by atoms with Crippen molar-refractivity contribution in [3.05, 3.63) is 0 Å². The molecule has 1 aliphatic rings. The predicted octanol–water partition coefficient (Wildman–Crippen LogP) is -0.479. The fraction of sp³-hybridized carbons (Fsp3) is 1.00. The van der Waals surface area contributed by atoms with Gasteiger partial charge in [0.05, 0.1) is 19.5 Å². The van der Waals surface area contributed by atoms with Gasteiger partial charge in [-0.25, -0.2) is 0 Å². The molecular weight excluding hydrogens is 132 g/mol. The van der Waals surface area contributed by atoms with E-state index in [1.54, 1.807) is 0 Å². The van der Waals surface area contributed by atoms with Gasteiger partial charge in [0.15, 0.2) is 0 Å². The summed E-state index contributed by atoms with van der Waals surface area (Å²) in [5, 5.41) is 0. The summed E-state index contributed by atoms with van der Waals surface area (Å²) in [6, 6.07) is 0. The van der Waals surface area contributed by atoms with Crippen molar-refractivity contribution in [2.45, 2.75) is 0 Å². The molecular formula is C3H8O4S. The maximum atomic E-state index is 9.19. The Hall–Kier alpha value is -0.130. The van der Waals surface area contributed by atoms with Crippen LogP contribution in [0.3, 0.4) is 0 Å². The third kappa shape index (κ3) is 184. The number of rotatable bonds is 0. The SMILES string of the molecule is C1CO1.CS(=O)(=O)O. The summed E-state index contributed by atoms with van der Waals surface area (Å²) in [4.78, 5) is 0. The van der Waals surface area contributed by atoms with Gasteiger partial charge in [0.2, 0.25) is 0 Å². The molecule has 1 fully saturated rings. The van der Waals surface area contributed by atoms with Gasteiger partial charge in [-0.05, 0) is 0 Å². The van der Waals surface area contributed by atoms with Crippen LogP contribution in [-0.4, -0.2) is 32.4 Å². The molecule has 1 rings (SSSR count). The Morgan fingerprint density at radius 3 is 1.62 bits per heavy atom. The van der Waals surface area contributed by atoms with E-state index >= 15 is 0 Å². The molecule has 1 N–H and O–H groups in total. The van der Waals surface area contributed by atoms with Crippen LogP contribution in [0.5, 0.6) is 0 Å². The van der Waals surface area contributed by atoms with E-state index in [1.807, 2.05) is 0 Å². The zero-order valence-electron chi connectivity index (χ0n) is 4.49. The topological polar surface area (TPSA) is 66.9 Å². The number of ether oxygens (including phenoxy) is 1. The molecule has 0 saturated carbocycles. The van der Waals surface area contributed by atoms with Crippen molar-refractivity contribution in [3.63, 3.8) is 0 Å². The van der Waals surface area contributed by atoms with Crippen molar-refractivity contribution < 1.29 is 17.7 Å². The summed E-state index contributed by atoms with van der Waals surface area (Å²) in [6.45, 7) is 2.00. The van der Waals surface area contributed by atoms with E-state index in [0.29, 0.717) is 6.26 Å². The standard InChI is InChI=1S/C2H4O.CH4O3S/c1-2-3-1;1-5(2,3)4/h1-2H2;1H3,(H,2,3,4). The summed E-state index contributed by atoms with van der Waals surface area (Å²) in [5.41, 5.74) is 0. The maximum Gasteiger partial charge on any atom is 0.261 e. The van der Waals surface area contributed by atoms with Crippen LogP contribution in [0.15, 0.2) is 0 Å². The smallest absolute Gasteiger partial charge is 0.261 e. The quantitative estimate of drug-likeness (QED) is 0.364. The zero-order chi connectivity index (χ0) is 6.62. The van der Waals surface area contributed by atoms with Crippen molar-refractivity contribution >= 4 is 10.1 Å². The molecule has 4 nitrogen and oxygen atoms in total. The lowest BCUT2D eigenvalue weighted by atomic mass is 11.0. The third-order valence-corrected chi connectivity index (χ3v) is 0.204. The molecule has 1 saturated heterocycles. The van der Waals surface area contributed by atoms with E-state index in [1.165, 1.54) is 0 Å². The fourth-order valence-electron chi connectivity index (χ4n) is 0. The van der Waals surface area contributed by atoms with Gasteiger partial charge in [-0.2, -0.15) is 8.42 Å². The highest BCUT2D eigenvalue weighted by Crippen LogP contribution is 1.84. The molecule has 0 radical (unpaired) electrons. The lowest BCUT2D eigenvalue weighted by Crippen LogP contribution is -1.88. The van der Waals surface area contributed by atoms with E-state index in [4.69, 9.17) is 4.55 Å². The van der Waals surface area contributed by atoms with Crippen molar-refractivity contribution in [1.29, 1.82) is 0 Å². The van der Waals surface area contributed by atoms with Crippen LogP contribution in [0.2, 0.25) is 0 Å². The highest BCUT2D eigenvalue weighted by molar-refractivity contribution is 7.85. The van der Waals surface area contributed by atoms with E-state index in [0.717, 1.165) is 13.2 Å². The van der Waals surface area contributed by atoms with Gasteiger partial charge in [0.1, 0.15) is 0 Å². The minimum atomic E-state index is -3.67. The second-order valence-electron chi connectivity index (χ2n) is 1.35. The highest BCUT2D eigenvalue weighted by atomic mass is 32.2. The van der Waals surface area contributed by atoms with Crippen LogP contribution in [0.4, 0.5) is 0 Å². The molecule has 0 unspecified atom stereocenters. The van der Waals surface area contributed by atoms with Gasteiger partial charge in [0, 0.05) is 0 Å². The largest absolute Gasteiger partial charge is 0.377 e. The molecule has 1 heterocycles. The Balaban J connectivity index is 0.000000135. The number of epoxide rings is 1. The summed E-state index contributed by atoms with van der Waals surface area (Å²) >= 11 is 0. The monoisotopic (exact) mass is 140 g/mol. The van der Waals surface area contributed by atoms with Crippen LogP contribution in [0.1, 0.15) is 0 Å². The van der Waals surface area contributed by atoms with Crippen LogP contribution < -0.4 is 0 Å². The van der Waals surface area contributed by atoms with Gasteiger partial charge in [-0.15, -0.1) is 0 Å². The number of hydrogen-bond donors (Lipinski definition) is 1. The Morgan fingerprint density at radius 1 is 1.50 bits per heavy atom. The first-order chi connectivity index (χ1) is 3.50. The molecule has 8 heavy (non-hydrogen) atoms. The Bertz CT molecular complexity index is 123. The van der Waals surface area contributed by atoms with Crippen molar-refractivity contribution in [2.24, 2.45) is 0 Å². The van der Waals surface area contributed by atoms with Gasteiger partial charge in [-0.1, -0.05) is 0 Å². The summed E-state index contributed by atoms with van der Waals surface area (Å²) in [5.74, 6) is 0. The maximum absolute atomic E-state index is 9.19. The van der Waals surface area contributed by atoms with Gasteiger partial charge >= 0.3 is 0 Å². The van der Waals surface area contributed by atoms with E-state index in [2.05, 4.69) is 4.74 Å². The Labute approximate surface area is 48.2 Å². The molecule has 0 spiro atoms. The lowest BCUT2D eigenvalue weighted by Gasteiger charge is -1.69. The zero-order valence-corrected chi connectivity index (χ0v) is 5.31. The molecule has 0 aromatic rings. The molecule has 50 valence electrons. The summed E-state index contributed by atoms with van der Waals surface area (Å²) in [6.07, 6.45) is 0.715. The molecule has 0 amide bonds. The molecule has 1 aliphatic heterocycles. The van der Waals surface area contributed by atoms with E-state index < -0.39 is 10.1 Å². The van der Waals surface area contributed by atoms with Crippen LogP contribution in [0, 0.1) is 0 Å². The average molecular weight is 140 g/mol. The molecule has 0 atom stereocenters. The lowest BCUT2D eigenvalue weighted by molar-refractivity contribution is 0.475. The van der Waals surface area contributed by atoms with E-state index in [-0.39, 0.29) is 0 Å². The van der Waals surface area contributed by atoms with Crippen molar-refractivity contribution in [3.8, 4) is 0 Å². The molecule has 0 aliphatic carbocycles. The Morgan fingerprint density at radius 2 is 1.62 bits per heavy atom. The van der Waals surface area contributed by atoms with Crippen LogP contribution in [0.25, 0.3) is 0 Å². The third-order valence-electron chi connectivity index (χ3n) is 0.204. The average Bonchev–Trinajstić information content (AvgIpc) is 1.95. The normalized spacial score (nSPS) is 16.2. The molecule has 0 bridgehead atoms. The predicted molar refractivity (Wildman–Crippen MR) is 28.3 cm³/mol. The second kappa shape index (κ2) is 3.01. The summed E-state index contributed by atoms with van der Waals surface area (Å²) in [7, 11) is -3.67. The number of hydrogen-bond acceptors (Lipinski definition) is 3. The first-order valence-electron chi connectivity index (χ1n) is 2.00. The molecule has 0 aromatic heterocycles. The first kappa shape index (κ1) is 7.87. The second-order valence-corrected chi connectivity index (χ2v) is 2.81. The minimum absolute atomic E-state index is 0.715. The van der Waals surface area contributed by atoms with Crippen LogP contribution in [-0.2, 0) is 14.9 Å². The molecule has 5 heteroatoms. The first-order valence-corrected chi connectivity index (χ1v) is 3.85. The van der Waals surface area contributed by atoms with Crippen molar-refractivity contribution in [1.82, 2.24) is 0 Å². The van der Waals surface area contributed by atoms with E-state index in [9.17, 15) is 8.42 Å².